The molecule has 0 unspecified atom stereocenters. The van der Waals surface area contributed by atoms with Gasteiger partial charge in [0.2, 0.25) is 5.91 Å². The number of morpholine rings is 1. The Hall–Kier alpha value is -2.19. The monoisotopic (exact) mass is 409 g/mol. The number of benzene rings is 1. The number of rotatable bonds is 4. The highest BCUT2D eigenvalue weighted by molar-refractivity contribution is 9.10. The van der Waals surface area contributed by atoms with Gasteiger partial charge in [0.25, 0.3) is 5.56 Å². The lowest BCUT2D eigenvalue weighted by atomic mass is 10.2. The fraction of sp³-hybridized carbons (Fsp3) is 0.294. The topological polar surface area (TPSA) is 63.6 Å². The predicted molar refractivity (Wildman–Crippen MR) is 96.5 cm³/mol. The molecule has 1 saturated heterocycles. The number of carbonyl (C=O) groups excluding carboxylic acids is 1. The minimum Gasteiger partial charge on any atom is -0.378 e. The molecule has 1 aliphatic heterocycles. The van der Waals surface area contributed by atoms with Crippen molar-refractivity contribution in [3.05, 3.63) is 57.2 Å². The largest absolute Gasteiger partial charge is 0.378 e. The van der Waals surface area contributed by atoms with Crippen LogP contribution >= 0.6 is 15.9 Å². The lowest BCUT2D eigenvalue weighted by Crippen LogP contribution is -2.36. The third-order valence-electron chi connectivity index (χ3n) is 3.84. The molecule has 6 nitrogen and oxygen atoms in total. The minimum absolute atomic E-state index is 0.148. The van der Waals surface area contributed by atoms with Gasteiger partial charge in [-0.1, -0.05) is 0 Å². The molecule has 1 fully saturated rings. The molecule has 25 heavy (non-hydrogen) atoms. The lowest BCUT2D eigenvalue weighted by molar-refractivity contribution is -0.116. The van der Waals surface area contributed by atoms with E-state index < -0.39 is 11.7 Å². The van der Waals surface area contributed by atoms with Gasteiger partial charge in [-0.2, -0.15) is 0 Å². The van der Waals surface area contributed by atoms with Crippen LogP contribution in [0, 0.1) is 5.82 Å². The van der Waals surface area contributed by atoms with E-state index in [-0.39, 0.29) is 12.1 Å². The molecule has 1 aliphatic rings. The summed E-state index contributed by atoms with van der Waals surface area (Å²) in [6.45, 7) is 2.26. The summed E-state index contributed by atoms with van der Waals surface area (Å²) in [5, 5.41) is 2.61. The third-order valence-corrected chi connectivity index (χ3v) is 4.31. The van der Waals surface area contributed by atoms with Crippen LogP contribution in [0.5, 0.6) is 0 Å². The highest BCUT2D eigenvalue weighted by atomic mass is 79.9. The molecule has 0 radical (unpaired) electrons. The Morgan fingerprint density at radius 1 is 1.24 bits per heavy atom. The summed E-state index contributed by atoms with van der Waals surface area (Å²) in [6, 6.07) is 7.55. The van der Waals surface area contributed by atoms with Crippen LogP contribution in [0.4, 0.5) is 15.8 Å². The van der Waals surface area contributed by atoms with Crippen molar-refractivity contribution in [1.29, 1.82) is 0 Å². The number of amides is 1. The second-order valence-corrected chi connectivity index (χ2v) is 6.54. The standard InChI is InChI=1S/C17H17BrFN3O3/c18-12-1-4-17(24)22(10-12)11-16(23)20-13-2-3-15(14(19)9-13)21-5-7-25-8-6-21/h1-4,9-10H,5-8,11H2,(H,20,23). The fourth-order valence-corrected chi connectivity index (χ4v) is 3.01. The summed E-state index contributed by atoms with van der Waals surface area (Å²) >= 11 is 3.25. The zero-order valence-electron chi connectivity index (χ0n) is 13.4. The maximum Gasteiger partial charge on any atom is 0.251 e. The summed E-state index contributed by atoms with van der Waals surface area (Å²) in [5.74, 6) is -0.807. The summed E-state index contributed by atoms with van der Waals surface area (Å²) in [4.78, 5) is 25.7. The first kappa shape index (κ1) is 17.6. The fourth-order valence-electron chi connectivity index (χ4n) is 2.63. The Kier molecular flexibility index (Phi) is 5.50. The number of hydrogen-bond acceptors (Lipinski definition) is 4. The van der Waals surface area contributed by atoms with Crippen molar-refractivity contribution in [3.63, 3.8) is 0 Å². The molecule has 0 bridgehead atoms. The van der Waals surface area contributed by atoms with Crippen LogP contribution in [0.3, 0.4) is 0 Å². The van der Waals surface area contributed by atoms with E-state index in [1.165, 1.54) is 22.9 Å². The number of pyridine rings is 1. The molecular weight excluding hydrogens is 393 g/mol. The van der Waals surface area contributed by atoms with Crippen molar-refractivity contribution < 1.29 is 13.9 Å². The Morgan fingerprint density at radius 2 is 2.00 bits per heavy atom. The van der Waals surface area contributed by atoms with E-state index in [0.29, 0.717) is 42.2 Å². The van der Waals surface area contributed by atoms with Gasteiger partial charge in [-0.05, 0) is 40.2 Å². The number of anilines is 2. The first-order chi connectivity index (χ1) is 12.0. The summed E-state index contributed by atoms with van der Waals surface area (Å²) < 4.78 is 21.6. The van der Waals surface area contributed by atoms with Gasteiger partial charge in [0, 0.05) is 35.5 Å². The molecule has 0 atom stereocenters. The van der Waals surface area contributed by atoms with Gasteiger partial charge in [-0.3, -0.25) is 9.59 Å². The zero-order chi connectivity index (χ0) is 17.8. The van der Waals surface area contributed by atoms with E-state index in [4.69, 9.17) is 4.74 Å². The molecule has 1 aromatic heterocycles. The Balaban J connectivity index is 1.68. The molecule has 2 heterocycles. The number of carbonyl (C=O) groups is 1. The van der Waals surface area contributed by atoms with Crippen molar-refractivity contribution in [2.45, 2.75) is 6.54 Å². The van der Waals surface area contributed by atoms with E-state index >= 15 is 0 Å². The van der Waals surface area contributed by atoms with Gasteiger partial charge in [0.1, 0.15) is 12.4 Å². The van der Waals surface area contributed by atoms with Gasteiger partial charge < -0.3 is 19.5 Å². The summed E-state index contributed by atoms with van der Waals surface area (Å²) in [5.41, 5.74) is 0.555. The van der Waals surface area contributed by atoms with Crippen molar-refractivity contribution in [1.82, 2.24) is 4.57 Å². The molecule has 0 aliphatic carbocycles. The van der Waals surface area contributed by atoms with Gasteiger partial charge >= 0.3 is 0 Å². The lowest BCUT2D eigenvalue weighted by Gasteiger charge is -2.29. The van der Waals surface area contributed by atoms with Crippen LogP contribution in [0.15, 0.2) is 45.8 Å². The molecular formula is C17H17BrFN3O3. The number of nitrogens with zero attached hydrogens (tertiary/aromatic N) is 2. The van der Waals surface area contributed by atoms with Crippen molar-refractivity contribution in [3.8, 4) is 0 Å². The molecule has 8 heteroatoms. The van der Waals surface area contributed by atoms with E-state index in [0.717, 1.165) is 0 Å². The van der Waals surface area contributed by atoms with Crippen LogP contribution in [-0.4, -0.2) is 36.8 Å². The zero-order valence-corrected chi connectivity index (χ0v) is 15.0. The minimum atomic E-state index is -0.404. The first-order valence-electron chi connectivity index (χ1n) is 7.81. The SMILES string of the molecule is O=C(Cn1cc(Br)ccc1=O)Nc1ccc(N2CCOCC2)c(F)c1. The van der Waals surface area contributed by atoms with E-state index in [2.05, 4.69) is 21.2 Å². The molecule has 1 N–H and O–H groups in total. The van der Waals surface area contributed by atoms with E-state index in [1.807, 2.05) is 4.90 Å². The molecule has 3 rings (SSSR count). The van der Waals surface area contributed by atoms with Crippen molar-refractivity contribution in [2.24, 2.45) is 0 Å². The van der Waals surface area contributed by atoms with Crippen LogP contribution in [0.25, 0.3) is 0 Å². The summed E-state index contributed by atoms with van der Waals surface area (Å²) in [7, 11) is 0. The smallest absolute Gasteiger partial charge is 0.251 e. The second-order valence-electron chi connectivity index (χ2n) is 5.63. The van der Waals surface area contributed by atoms with E-state index in [9.17, 15) is 14.0 Å². The van der Waals surface area contributed by atoms with Gasteiger partial charge in [-0.15, -0.1) is 0 Å². The molecule has 1 amide bonds. The van der Waals surface area contributed by atoms with Crippen LogP contribution in [0.2, 0.25) is 0 Å². The highest BCUT2D eigenvalue weighted by Crippen LogP contribution is 2.23. The highest BCUT2D eigenvalue weighted by Gasteiger charge is 2.16. The average Bonchev–Trinajstić information content (AvgIpc) is 2.59. The Morgan fingerprint density at radius 3 is 2.72 bits per heavy atom. The maximum atomic E-state index is 14.3. The number of ether oxygens (including phenoxy) is 1. The number of nitrogens with one attached hydrogen (secondary N) is 1. The van der Waals surface area contributed by atoms with E-state index in [1.54, 1.807) is 18.2 Å². The number of hydrogen-bond donors (Lipinski definition) is 1. The van der Waals surface area contributed by atoms with Crippen LogP contribution in [-0.2, 0) is 16.1 Å². The van der Waals surface area contributed by atoms with Gasteiger partial charge in [-0.25, -0.2) is 4.39 Å². The molecule has 0 spiro atoms. The quantitative estimate of drug-likeness (QED) is 0.840. The third kappa shape index (κ3) is 4.46. The average molecular weight is 410 g/mol. The molecule has 132 valence electrons. The van der Waals surface area contributed by atoms with Gasteiger partial charge in [0.05, 0.1) is 18.9 Å². The van der Waals surface area contributed by atoms with Crippen LogP contribution in [0.1, 0.15) is 0 Å². The van der Waals surface area contributed by atoms with Gasteiger partial charge in [0.15, 0.2) is 0 Å². The Bertz CT molecular complexity index is 834. The molecule has 2 aromatic rings. The van der Waals surface area contributed by atoms with Crippen molar-refractivity contribution in [2.75, 3.05) is 36.5 Å². The molecule has 1 aromatic carbocycles. The normalized spacial score (nSPS) is 14.4. The van der Waals surface area contributed by atoms with Crippen molar-refractivity contribution >= 4 is 33.2 Å². The van der Waals surface area contributed by atoms with Crippen LogP contribution < -0.4 is 15.8 Å². The maximum absolute atomic E-state index is 14.3. The Labute approximate surface area is 152 Å². The second kappa shape index (κ2) is 7.79. The molecule has 0 saturated carbocycles. The summed E-state index contributed by atoms with van der Waals surface area (Å²) in [6.07, 6.45) is 1.53. The first-order valence-corrected chi connectivity index (χ1v) is 8.60. The number of aromatic nitrogens is 1. The number of halogens is 2. The predicted octanol–water partition coefficient (Wildman–Crippen LogP) is 2.23.